The third-order valence-electron chi connectivity index (χ3n) is 3.20. The molecule has 82 valence electrons. The number of nitrogens with zero attached hydrogens (tertiary/aromatic N) is 2. The summed E-state index contributed by atoms with van der Waals surface area (Å²) in [5, 5.41) is 6.99. The molecule has 0 spiro atoms. The van der Waals surface area contributed by atoms with Crippen molar-refractivity contribution in [1.29, 1.82) is 0 Å². The minimum absolute atomic E-state index is 0.168. The van der Waals surface area contributed by atoms with Crippen molar-refractivity contribution in [1.82, 2.24) is 15.1 Å². The van der Waals surface area contributed by atoms with Gasteiger partial charge in [-0.2, -0.15) is 5.10 Å². The molecule has 1 N–H and O–H groups in total. The second kappa shape index (κ2) is 3.36. The van der Waals surface area contributed by atoms with E-state index < -0.39 is 0 Å². The van der Waals surface area contributed by atoms with Crippen LogP contribution < -0.4 is 5.32 Å². The van der Waals surface area contributed by atoms with Crippen LogP contribution in [0.4, 0.5) is 0 Å². The molecule has 1 unspecified atom stereocenters. The van der Waals surface area contributed by atoms with Gasteiger partial charge in [-0.3, -0.25) is 9.48 Å². The van der Waals surface area contributed by atoms with Gasteiger partial charge in [0.25, 0.3) is 0 Å². The topological polar surface area (TPSA) is 46.9 Å². The first-order chi connectivity index (χ1) is 7.00. The van der Waals surface area contributed by atoms with Gasteiger partial charge in [0.05, 0.1) is 12.2 Å². The van der Waals surface area contributed by atoms with E-state index in [0.29, 0.717) is 6.54 Å². The van der Waals surface area contributed by atoms with E-state index in [1.807, 2.05) is 13.1 Å². The van der Waals surface area contributed by atoms with Gasteiger partial charge in [0.15, 0.2) is 0 Å². The SMILES string of the molecule is Cn1nccc1CNC(=O)C1CC1(C)C. The Labute approximate surface area is 89.7 Å². The second-order valence-electron chi connectivity index (χ2n) is 4.91. The normalized spacial score (nSPS) is 22.5. The van der Waals surface area contributed by atoms with Gasteiger partial charge in [-0.1, -0.05) is 13.8 Å². The number of hydrogen-bond acceptors (Lipinski definition) is 2. The summed E-state index contributed by atoms with van der Waals surface area (Å²) in [6.45, 7) is 4.82. The number of carbonyl (C=O) groups is 1. The third kappa shape index (κ3) is 2.03. The number of carbonyl (C=O) groups excluding carboxylic acids is 1. The average Bonchev–Trinajstić information content (AvgIpc) is 2.61. The van der Waals surface area contributed by atoms with E-state index in [1.165, 1.54) is 0 Å². The summed E-state index contributed by atoms with van der Waals surface area (Å²) < 4.78 is 1.78. The lowest BCUT2D eigenvalue weighted by Crippen LogP contribution is -2.26. The summed E-state index contributed by atoms with van der Waals surface area (Å²) in [4.78, 5) is 11.7. The van der Waals surface area contributed by atoms with Crippen LogP contribution in [0.15, 0.2) is 12.3 Å². The quantitative estimate of drug-likeness (QED) is 0.806. The molecule has 1 aromatic heterocycles. The van der Waals surface area contributed by atoms with Crippen molar-refractivity contribution in [2.24, 2.45) is 18.4 Å². The van der Waals surface area contributed by atoms with Crippen molar-refractivity contribution in [3.63, 3.8) is 0 Å². The van der Waals surface area contributed by atoms with Crippen LogP contribution in [0.3, 0.4) is 0 Å². The van der Waals surface area contributed by atoms with Crippen LogP contribution in [0.25, 0.3) is 0 Å². The summed E-state index contributed by atoms with van der Waals surface area (Å²) >= 11 is 0. The number of amides is 1. The van der Waals surface area contributed by atoms with Crippen molar-refractivity contribution >= 4 is 5.91 Å². The summed E-state index contributed by atoms with van der Waals surface area (Å²) in [5.74, 6) is 0.368. The molecule has 1 aliphatic rings. The number of nitrogens with one attached hydrogen (secondary N) is 1. The number of hydrogen-bond donors (Lipinski definition) is 1. The van der Waals surface area contributed by atoms with Crippen LogP contribution in [-0.4, -0.2) is 15.7 Å². The Balaban J connectivity index is 1.85. The van der Waals surface area contributed by atoms with E-state index in [-0.39, 0.29) is 17.2 Å². The van der Waals surface area contributed by atoms with Gasteiger partial charge in [-0.15, -0.1) is 0 Å². The van der Waals surface area contributed by atoms with Crippen LogP contribution in [-0.2, 0) is 18.4 Å². The first kappa shape index (κ1) is 10.2. The lowest BCUT2D eigenvalue weighted by molar-refractivity contribution is -0.123. The van der Waals surface area contributed by atoms with Gasteiger partial charge in [-0.25, -0.2) is 0 Å². The summed E-state index contributed by atoms with van der Waals surface area (Å²) in [6.07, 6.45) is 2.74. The fourth-order valence-corrected chi connectivity index (χ4v) is 1.79. The maximum absolute atomic E-state index is 11.7. The van der Waals surface area contributed by atoms with Crippen LogP contribution in [0.2, 0.25) is 0 Å². The molecule has 1 aliphatic carbocycles. The predicted octanol–water partition coefficient (Wildman–Crippen LogP) is 1.08. The van der Waals surface area contributed by atoms with Crippen LogP contribution in [0, 0.1) is 11.3 Å². The Morgan fingerprint density at radius 1 is 1.73 bits per heavy atom. The average molecular weight is 207 g/mol. The minimum atomic E-state index is 0.168. The van der Waals surface area contributed by atoms with E-state index >= 15 is 0 Å². The predicted molar refractivity (Wildman–Crippen MR) is 56.9 cm³/mol. The molecule has 0 radical (unpaired) electrons. The Bertz CT molecular complexity index is 381. The molecule has 1 atom stereocenters. The maximum atomic E-state index is 11.7. The first-order valence-corrected chi connectivity index (χ1v) is 5.25. The molecule has 4 nitrogen and oxygen atoms in total. The zero-order valence-corrected chi connectivity index (χ0v) is 9.45. The van der Waals surface area contributed by atoms with Crippen molar-refractivity contribution < 1.29 is 4.79 Å². The Morgan fingerprint density at radius 2 is 2.40 bits per heavy atom. The van der Waals surface area contributed by atoms with Gasteiger partial charge in [0.1, 0.15) is 0 Å². The fourth-order valence-electron chi connectivity index (χ4n) is 1.79. The van der Waals surface area contributed by atoms with Gasteiger partial charge >= 0.3 is 0 Å². The molecule has 0 bridgehead atoms. The molecule has 4 heteroatoms. The monoisotopic (exact) mass is 207 g/mol. The Morgan fingerprint density at radius 3 is 2.87 bits per heavy atom. The van der Waals surface area contributed by atoms with E-state index in [0.717, 1.165) is 12.1 Å². The minimum Gasteiger partial charge on any atom is -0.350 e. The van der Waals surface area contributed by atoms with Gasteiger partial charge in [-0.05, 0) is 17.9 Å². The van der Waals surface area contributed by atoms with E-state index in [4.69, 9.17) is 0 Å². The van der Waals surface area contributed by atoms with E-state index in [1.54, 1.807) is 10.9 Å². The highest BCUT2D eigenvalue weighted by atomic mass is 16.2. The summed E-state index contributed by atoms with van der Waals surface area (Å²) in [5.41, 5.74) is 1.23. The zero-order valence-electron chi connectivity index (χ0n) is 9.45. The molecule has 0 saturated heterocycles. The van der Waals surface area contributed by atoms with Gasteiger partial charge < -0.3 is 5.32 Å². The van der Waals surface area contributed by atoms with Crippen molar-refractivity contribution in [2.45, 2.75) is 26.8 Å². The number of rotatable bonds is 3. The Hall–Kier alpha value is -1.32. The van der Waals surface area contributed by atoms with Crippen molar-refractivity contribution in [3.05, 3.63) is 18.0 Å². The highest BCUT2D eigenvalue weighted by Gasteiger charge is 2.50. The molecule has 1 aromatic rings. The van der Waals surface area contributed by atoms with E-state index in [9.17, 15) is 4.79 Å². The molecular weight excluding hydrogens is 190 g/mol. The number of aromatic nitrogens is 2. The van der Waals surface area contributed by atoms with Crippen molar-refractivity contribution in [2.75, 3.05) is 0 Å². The fraction of sp³-hybridized carbons (Fsp3) is 0.636. The molecule has 15 heavy (non-hydrogen) atoms. The molecule has 1 saturated carbocycles. The molecule has 1 amide bonds. The van der Waals surface area contributed by atoms with Gasteiger partial charge in [0.2, 0.25) is 5.91 Å². The largest absolute Gasteiger partial charge is 0.350 e. The molecule has 0 aliphatic heterocycles. The van der Waals surface area contributed by atoms with Crippen LogP contribution in [0.5, 0.6) is 0 Å². The maximum Gasteiger partial charge on any atom is 0.223 e. The van der Waals surface area contributed by atoms with E-state index in [2.05, 4.69) is 24.3 Å². The highest BCUT2D eigenvalue weighted by molar-refractivity contribution is 5.82. The molecule has 1 fully saturated rings. The third-order valence-corrected chi connectivity index (χ3v) is 3.20. The summed E-state index contributed by atoms with van der Waals surface area (Å²) in [7, 11) is 1.88. The van der Waals surface area contributed by atoms with Crippen LogP contribution >= 0.6 is 0 Å². The summed E-state index contributed by atoms with van der Waals surface area (Å²) in [6, 6.07) is 1.92. The lowest BCUT2D eigenvalue weighted by atomic mass is 10.1. The van der Waals surface area contributed by atoms with Gasteiger partial charge in [0, 0.05) is 19.2 Å². The molecule has 1 heterocycles. The lowest BCUT2D eigenvalue weighted by Gasteiger charge is -2.06. The number of aryl methyl sites for hydroxylation is 1. The van der Waals surface area contributed by atoms with Crippen LogP contribution in [0.1, 0.15) is 26.0 Å². The van der Waals surface area contributed by atoms with Crippen molar-refractivity contribution in [3.8, 4) is 0 Å². The Kier molecular flexibility index (Phi) is 2.29. The molecule has 2 rings (SSSR count). The molecular formula is C11H17N3O. The molecule has 0 aromatic carbocycles. The second-order valence-corrected chi connectivity index (χ2v) is 4.91. The standard InChI is InChI=1S/C11H17N3O/c1-11(2)6-9(11)10(15)12-7-8-4-5-13-14(8)3/h4-5,9H,6-7H2,1-3H3,(H,12,15). The highest BCUT2D eigenvalue weighted by Crippen LogP contribution is 2.51. The first-order valence-electron chi connectivity index (χ1n) is 5.25. The smallest absolute Gasteiger partial charge is 0.223 e. The zero-order chi connectivity index (χ0) is 11.1.